The number of hydrogen-bond acceptors (Lipinski definition) is 1. The lowest BCUT2D eigenvalue weighted by molar-refractivity contribution is 0.0954. The molecule has 0 saturated heterocycles. The molecular formula is C15H13NO. The first-order chi connectivity index (χ1) is 8.31. The Morgan fingerprint density at radius 3 is 2.71 bits per heavy atom. The summed E-state index contributed by atoms with van der Waals surface area (Å²) in [6.45, 7) is 0.516. The fourth-order valence-corrected chi connectivity index (χ4v) is 1.68. The maximum Gasteiger partial charge on any atom is 0.251 e. The second-order valence-corrected chi connectivity index (χ2v) is 3.77. The molecule has 0 aliphatic carbocycles. The van der Waals surface area contributed by atoms with E-state index in [-0.39, 0.29) is 5.91 Å². The van der Waals surface area contributed by atoms with Crippen molar-refractivity contribution >= 4 is 16.7 Å². The minimum Gasteiger partial charge on any atom is -0.351 e. The first-order valence-electron chi connectivity index (χ1n) is 5.52. The van der Waals surface area contributed by atoms with E-state index >= 15 is 0 Å². The lowest BCUT2D eigenvalue weighted by Gasteiger charge is -2.04. The highest BCUT2D eigenvalue weighted by atomic mass is 16.1. The predicted molar refractivity (Wildman–Crippen MR) is 69.7 cm³/mol. The summed E-state index contributed by atoms with van der Waals surface area (Å²) in [5.41, 5.74) is 0.667. The van der Waals surface area contributed by atoms with Gasteiger partial charge in [-0.25, -0.2) is 0 Å². The van der Waals surface area contributed by atoms with E-state index in [9.17, 15) is 4.79 Å². The van der Waals surface area contributed by atoms with Crippen LogP contribution >= 0.6 is 0 Å². The highest BCUT2D eigenvalue weighted by molar-refractivity contribution is 5.98. The Kier molecular flexibility index (Phi) is 3.42. The number of carbonyl (C=O) groups excluding carboxylic acids is 1. The molecule has 0 radical (unpaired) electrons. The molecule has 0 spiro atoms. The largest absolute Gasteiger partial charge is 0.351 e. The van der Waals surface area contributed by atoms with Crippen LogP contribution in [0.15, 0.2) is 42.5 Å². The fraction of sp³-hybridized carbons (Fsp3) is 0.133. The van der Waals surface area contributed by atoms with Gasteiger partial charge in [0.05, 0.1) is 0 Å². The summed E-state index contributed by atoms with van der Waals surface area (Å²) >= 11 is 0. The number of fused-ring (bicyclic) bond motifs is 1. The molecule has 2 aromatic carbocycles. The Morgan fingerprint density at radius 1 is 1.18 bits per heavy atom. The number of benzene rings is 2. The molecule has 0 fully saturated rings. The average Bonchev–Trinajstić information content (AvgIpc) is 2.38. The van der Waals surface area contributed by atoms with Crippen LogP contribution in [0.2, 0.25) is 0 Å². The number of carbonyl (C=O) groups is 1. The monoisotopic (exact) mass is 223 g/mol. The van der Waals surface area contributed by atoms with E-state index in [4.69, 9.17) is 6.42 Å². The van der Waals surface area contributed by atoms with Gasteiger partial charge in [-0.05, 0) is 22.9 Å². The van der Waals surface area contributed by atoms with Crippen molar-refractivity contribution in [2.75, 3.05) is 6.54 Å². The zero-order valence-corrected chi connectivity index (χ0v) is 9.44. The van der Waals surface area contributed by atoms with Crippen molar-refractivity contribution in [2.45, 2.75) is 6.42 Å². The fourth-order valence-electron chi connectivity index (χ4n) is 1.68. The highest BCUT2D eigenvalue weighted by Gasteiger charge is 2.04. The molecule has 0 saturated carbocycles. The van der Waals surface area contributed by atoms with Crippen molar-refractivity contribution < 1.29 is 4.79 Å². The molecule has 0 atom stereocenters. The van der Waals surface area contributed by atoms with Crippen molar-refractivity contribution in [1.82, 2.24) is 5.32 Å². The second kappa shape index (κ2) is 5.18. The van der Waals surface area contributed by atoms with Gasteiger partial charge < -0.3 is 5.32 Å². The summed E-state index contributed by atoms with van der Waals surface area (Å²) in [5, 5.41) is 4.98. The molecule has 84 valence electrons. The molecule has 0 heterocycles. The van der Waals surface area contributed by atoms with Crippen LogP contribution in [0.1, 0.15) is 16.8 Å². The molecule has 2 heteroatoms. The summed E-state index contributed by atoms with van der Waals surface area (Å²) in [4.78, 5) is 11.8. The molecule has 17 heavy (non-hydrogen) atoms. The van der Waals surface area contributed by atoms with Crippen LogP contribution < -0.4 is 5.32 Å². The first-order valence-corrected chi connectivity index (χ1v) is 5.52. The van der Waals surface area contributed by atoms with E-state index in [1.54, 1.807) is 0 Å². The van der Waals surface area contributed by atoms with E-state index < -0.39 is 0 Å². The normalized spacial score (nSPS) is 9.82. The molecular weight excluding hydrogens is 210 g/mol. The minimum absolute atomic E-state index is 0.0778. The Hall–Kier alpha value is -2.27. The average molecular weight is 223 g/mol. The van der Waals surface area contributed by atoms with Gasteiger partial charge in [0.1, 0.15) is 0 Å². The summed E-state index contributed by atoms with van der Waals surface area (Å²) in [6.07, 6.45) is 5.68. The molecule has 2 aromatic rings. The molecule has 1 N–H and O–H groups in total. The lowest BCUT2D eigenvalue weighted by Crippen LogP contribution is -2.24. The predicted octanol–water partition coefficient (Wildman–Crippen LogP) is 2.59. The molecule has 1 amide bonds. The van der Waals surface area contributed by atoms with Crippen LogP contribution in [0.25, 0.3) is 10.8 Å². The summed E-state index contributed by atoms with van der Waals surface area (Å²) in [5.74, 6) is 2.41. The number of terminal acetylenes is 1. The highest BCUT2D eigenvalue weighted by Crippen LogP contribution is 2.15. The smallest absolute Gasteiger partial charge is 0.251 e. The molecule has 0 unspecified atom stereocenters. The van der Waals surface area contributed by atoms with Gasteiger partial charge in [0.2, 0.25) is 0 Å². The van der Waals surface area contributed by atoms with Crippen LogP contribution in [0, 0.1) is 12.3 Å². The van der Waals surface area contributed by atoms with Gasteiger partial charge in [-0.15, -0.1) is 12.3 Å². The quantitative estimate of drug-likeness (QED) is 0.629. The minimum atomic E-state index is -0.0778. The number of nitrogens with one attached hydrogen (secondary N) is 1. The van der Waals surface area contributed by atoms with Gasteiger partial charge in [0.15, 0.2) is 0 Å². The zero-order valence-electron chi connectivity index (χ0n) is 9.44. The summed E-state index contributed by atoms with van der Waals surface area (Å²) in [7, 11) is 0. The van der Waals surface area contributed by atoms with E-state index in [0.29, 0.717) is 18.5 Å². The van der Waals surface area contributed by atoms with Crippen LogP contribution in [0.4, 0.5) is 0 Å². The van der Waals surface area contributed by atoms with Crippen LogP contribution in [-0.2, 0) is 0 Å². The van der Waals surface area contributed by atoms with Crippen molar-refractivity contribution in [2.24, 2.45) is 0 Å². The Balaban J connectivity index is 2.19. The maximum absolute atomic E-state index is 11.8. The van der Waals surface area contributed by atoms with Gasteiger partial charge in [-0.1, -0.05) is 30.3 Å². The molecule has 0 bridgehead atoms. The Bertz CT molecular complexity index is 581. The van der Waals surface area contributed by atoms with Gasteiger partial charge in [0, 0.05) is 18.5 Å². The Labute approximate surface area is 101 Å². The van der Waals surface area contributed by atoms with Crippen molar-refractivity contribution in [3.63, 3.8) is 0 Å². The third-order valence-corrected chi connectivity index (χ3v) is 2.57. The van der Waals surface area contributed by atoms with Crippen LogP contribution in [0.3, 0.4) is 0 Å². The maximum atomic E-state index is 11.8. The Morgan fingerprint density at radius 2 is 1.94 bits per heavy atom. The summed E-state index contributed by atoms with van der Waals surface area (Å²) in [6, 6.07) is 13.6. The molecule has 2 rings (SSSR count). The van der Waals surface area contributed by atoms with E-state index in [1.165, 1.54) is 0 Å². The van der Waals surface area contributed by atoms with Crippen LogP contribution in [-0.4, -0.2) is 12.5 Å². The van der Waals surface area contributed by atoms with Crippen LogP contribution in [0.5, 0.6) is 0 Å². The number of rotatable bonds is 3. The molecule has 2 nitrogen and oxygen atoms in total. The van der Waals surface area contributed by atoms with Gasteiger partial charge in [0.25, 0.3) is 5.91 Å². The van der Waals surface area contributed by atoms with E-state index in [1.807, 2.05) is 42.5 Å². The number of amides is 1. The van der Waals surface area contributed by atoms with Crippen molar-refractivity contribution in [3.05, 3.63) is 48.0 Å². The summed E-state index contributed by atoms with van der Waals surface area (Å²) < 4.78 is 0. The first kappa shape index (κ1) is 11.2. The third-order valence-electron chi connectivity index (χ3n) is 2.57. The van der Waals surface area contributed by atoms with Crippen molar-refractivity contribution in [3.8, 4) is 12.3 Å². The topological polar surface area (TPSA) is 29.1 Å². The van der Waals surface area contributed by atoms with Gasteiger partial charge >= 0.3 is 0 Å². The molecule has 0 aliphatic rings. The second-order valence-electron chi connectivity index (χ2n) is 3.77. The zero-order chi connectivity index (χ0) is 12.1. The standard InChI is InChI=1S/C15H13NO/c1-2-3-10-16-15(17)14-9-8-12-6-4-5-7-13(12)11-14/h1,4-9,11H,3,10H2,(H,16,17). The van der Waals surface area contributed by atoms with E-state index in [0.717, 1.165) is 10.8 Å². The molecule has 0 aliphatic heterocycles. The van der Waals surface area contributed by atoms with Crippen molar-refractivity contribution in [1.29, 1.82) is 0 Å². The lowest BCUT2D eigenvalue weighted by atomic mass is 10.1. The number of hydrogen-bond donors (Lipinski definition) is 1. The van der Waals surface area contributed by atoms with E-state index in [2.05, 4.69) is 11.2 Å². The third kappa shape index (κ3) is 2.64. The van der Waals surface area contributed by atoms with Gasteiger partial charge in [-0.2, -0.15) is 0 Å². The molecule has 0 aromatic heterocycles. The van der Waals surface area contributed by atoms with Gasteiger partial charge in [-0.3, -0.25) is 4.79 Å². The SMILES string of the molecule is C#CCCNC(=O)c1ccc2ccccc2c1.